The average molecular weight is 419 g/mol. The first kappa shape index (κ1) is 22.3. The van der Waals surface area contributed by atoms with Gasteiger partial charge in [-0.3, -0.25) is 9.59 Å². The van der Waals surface area contributed by atoms with Gasteiger partial charge in [-0.15, -0.1) is 0 Å². The number of thioether (sulfide) groups is 1. The smallest absolute Gasteiger partial charge is 0.242 e. The second-order valence-corrected chi connectivity index (χ2v) is 8.02. The second kappa shape index (κ2) is 11.8. The summed E-state index contributed by atoms with van der Waals surface area (Å²) in [5.74, 6) is 1.44. The maximum Gasteiger partial charge on any atom is 0.242 e. The predicted molar refractivity (Wildman–Crippen MR) is 117 cm³/mol. The molecular formula is C22H27ClN2O2S. The Morgan fingerprint density at radius 3 is 2.36 bits per heavy atom. The third-order valence-corrected chi connectivity index (χ3v) is 5.75. The molecule has 0 aliphatic heterocycles. The van der Waals surface area contributed by atoms with E-state index < -0.39 is 6.04 Å². The molecule has 2 rings (SSSR count). The van der Waals surface area contributed by atoms with Gasteiger partial charge >= 0.3 is 0 Å². The van der Waals surface area contributed by atoms with Crippen molar-refractivity contribution in [2.24, 2.45) is 0 Å². The highest BCUT2D eigenvalue weighted by Gasteiger charge is 2.27. The topological polar surface area (TPSA) is 49.4 Å². The summed E-state index contributed by atoms with van der Waals surface area (Å²) in [4.78, 5) is 27.0. The summed E-state index contributed by atoms with van der Waals surface area (Å²) in [7, 11) is 1.60. The predicted octanol–water partition coefficient (Wildman–Crippen LogP) is 4.52. The van der Waals surface area contributed by atoms with Crippen LogP contribution >= 0.6 is 23.4 Å². The van der Waals surface area contributed by atoms with Gasteiger partial charge in [-0.05, 0) is 29.7 Å². The van der Waals surface area contributed by atoms with Crippen LogP contribution in [-0.4, -0.2) is 35.6 Å². The minimum absolute atomic E-state index is 0.00837. The maximum absolute atomic E-state index is 13.0. The van der Waals surface area contributed by atoms with E-state index in [1.54, 1.807) is 35.8 Å². The van der Waals surface area contributed by atoms with E-state index in [0.29, 0.717) is 24.4 Å². The number of carbonyl (C=O) groups excluding carboxylic acids is 2. The van der Waals surface area contributed by atoms with Gasteiger partial charge in [0, 0.05) is 36.5 Å². The Hall–Kier alpha value is -1.98. The second-order valence-electron chi connectivity index (χ2n) is 6.47. The summed E-state index contributed by atoms with van der Waals surface area (Å²) in [5.41, 5.74) is 2.20. The zero-order valence-electron chi connectivity index (χ0n) is 16.4. The van der Waals surface area contributed by atoms with E-state index >= 15 is 0 Å². The molecule has 6 heteroatoms. The number of amides is 2. The molecule has 0 saturated carbocycles. The van der Waals surface area contributed by atoms with Gasteiger partial charge in [-0.25, -0.2) is 0 Å². The molecule has 150 valence electrons. The lowest BCUT2D eigenvalue weighted by atomic mass is 10.1. The van der Waals surface area contributed by atoms with Crippen LogP contribution in [0.1, 0.15) is 30.9 Å². The lowest BCUT2D eigenvalue weighted by molar-refractivity contribution is -0.140. The fourth-order valence-corrected chi connectivity index (χ4v) is 3.96. The summed E-state index contributed by atoms with van der Waals surface area (Å²) >= 11 is 7.69. The van der Waals surface area contributed by atoms with Crippen molar-refractivity contribution >= 4 is 35.2 Å². The van der Waals surface area contributed by atoms with Crippen molar-refractivity contribution < 1.29 is 9.59 Å². The van der Waals surface area contributed by atoms with Crippen LogP contribution in [0.25, 0.3) is 0 Å². The lowest BCUT2D eigenvalue weighted by Gasteiger charge is -2.30. The van der Waals surface area contributed by atoms with Crippen LogP contribution in [0, 0.1) is 0 Å². The van der Waals surface area contributed by atoms with Crippen molar-refractivity contribution in [3.8, 4) is 0 Å². The zero-order valence-corrected chi connectivity index (χ0v) is 17.9. The molecule has 1 atom stereocenters. The van der Waals surface area contributed by atoms with Crippen molar-refractivity contribution in [3.05, 3.63) is 70.7 Å². The quantitative estimate of drug-likeness (QED) is 0.577. The van der Waals surface area contributed by atoms with Crippen LogP contribution in [0.5, 0.6) is 0 Å². The molecule has 1 N–H and O–H groups in total. The molecule has 2 amide bonds. The van der Waals surface area contributed by atoms with Crippen LogP contribution in [0.4, 0.5) is 0 Å². The fraction of sp³-hybridized carbons (Fsp3) is 0.364. The third-order valence-electron chi connectivity index (χ3n) is 4.47. The monoisotopic (exact) mass is 418 g/mol. The van der Waals surface area contributed by atoms with Crippen LogP contribution in [0.3, 0.4) is 0 Å². The van der Waals surface area contributed by atoms with E-state index in [4.69, 9.17) is 11.6 Å². The Kier molecular flexibility index (Phi) is 9.38. The van der Waals surface area contributed by atoms with Gasteiger partial charge in [0.2, 0.25) is 11.8 Å². The molecule has 0 aliphatic rings. The molecule has 4 nitrogen and oxygen atoms in total. The number of hydrogen-bond donors (Lipinski definition) is 1. The van der Waals surface area contributed by atoms with Gasteiger partial charge in [-0.1, -0.05) is 61.0 Å². The van der Waals surface area contributed by atoms with Gasteiger partial charge in [0.15, 0.2) is 0 Å². The van der Waals surface area contributed by atoms with Gasteiger partial charge in [-0.2, -0.15) is 11.8 Å². The summed E-state index contributed by atoms with van der Waals surface area (Å²) in [6.45, 7) is 2.32. The number of halogens is 1. The molecule has 0 radical (unpaired) electrons. The minimum atomic E-state index is -0.479. The molecule has 2 aromatic carbocycles. The normalized spacial score (nSPS) is 11.7. The van der Waals surface area contributed by atoms with E-state index in [-0.39, 0.29) is 11.8 Å². The van der Waals surface area contributed by atoms with Crippen molar-refractivity contribution in [2.75, 3.05) is 12.8 Å². The van der Waals surface area contributed by atoms with E-state index in [0.717, 1.165) is 17.1 Å². The Morgan fingerprint density at radius 1 is 1.07 bits per heavy atom. The number of likely N-dealkylation sites (N-methyl/N-ethyl adjacent to an activating group) is 1. The number of nitrogens with one attached hydrogen (secondary N) is 1. The number of hydrogen-bond acceptors (Lipinski definition) is 3. The van der Waals surface area contributed by atoms with Crippen LogP contribution in [0.2, 0.25) is 5.02 Å². The van der Waals surface area contributed by atoms with E-state index in [2.05, 4.69) is 17.4 Å². The fourth-order valence-electron chi connectivity index (χ4n) is 2.94. The van der Waals surface area contributed by atoms with Gasteiger partial charge in [0.05, 0.1) is 0 Å². The highest BCUT2D eigenvalue weighted by atomic mass is 35.5. The molecule has 0 heterocycles. The molecule has 0 bridgehead atoms. The Morgan fingerprint density at radius 2 is 1.75 bits per heavy atom. The maximum atomic E-state index is 13.0. The molecule has 2 aromatic rings. The molecule has 28 heavy (non-hydrogen) atoms. The van der Waals surface area contributed by atoms with Gasteiger partial charge in [0.25, 0.3) is 0 Å². The molecule has 1 unspecified atom stereocenters. The molecule has 0 spiro atoms. The van der Waals surface area contributed by atoms with Gasteiger partial charge in [0.1, 0.15) is 6.04 Å². The largest absolute Gasteiger partial charge is 0.357 e. The molecular weight excluding hydrogens is 392 g/mol. The first-order valence-corrected chi connectivity index (χ1v) is 11.0. The van der Waals surface area contributed by atoms with Crippen LogP contribution in [-0.2, 0) is 21.9 Å². The molecule has 0 saturated heterocycles. The first-order chi connectivity index (χ1) is 13.5. The first-order valence-electron chi connectivity index (χ1n) is 9.42. The number of carbonyl (C=O) groups is 2. The summed E-state index contributed by atoms with van der Waals surface area (Å²) in [5, 5.41) is 3.33. The van der Waals surface area contributed by atoms with Crippen molar-refractivity contribution in [2.45, 2.75) is 38.1 Å². The van der Waals surface area contributed by atoms with E-state index in [1.165, 1.54) is 5.56 Å². The van der Waals surface area contributed by atoms with Crippen molar-refractivity contribution in [1.29, 1.82) is 0 Å². The molecule has 0 aromatic heterocycles. The van der Waals surface area contributed by atoms with Crippen LogP contribution < -0.4 is 5.32 Å². The van der Waals surface area contributed by atoms with Crippen LogP contribution in [0.15, 0.2) is 54.6 Å². The highest BCUT2D eigenvalue weighted by molar-refractivity contribution is 7.98. The highest BCUT2D eigenvalue weighted by Crippen LogP contribution is 2.18. The summed E-state index contributed by atoms with van der Waals surface area (Å²) in [6.07, 6.45) is 0.967. The Bertz CT molecular complexity index is 753. The van der Waals surface area contributed by atoms with E-state index in [9.17, 15) is 9.59 Å². The van der Waals surface area contributed by atoms with E-state index in [1.807, 2.05) is 37.3 Å². The molecule has 0 aliphatic carbocycles. The van der Waals surface area contributed by atoms with Crippen molar-refractivity contribution in [1.82, 2.24) is 10.2 Å². The third kappa shape index (κ3) is 6.88. The Labute approximate surface area is 176 Å². The standard InChI is InChI=1S/C22H27ClN2O2S/c1-3-20(22(27)24-2)25(15-17-9-11-19(23)12-10-17)21(26)13-14-28-16-18-7-5-4-6-8-18/h4-12,20H,3,13-16H2,1-2H3,(H,24,27). The number of rotatable bonds is 10. The Balaban J connectivity index is 2.00. The average Bonchev–Trinajstić information content (AvgIpc) is 2.72. The minimum Gasteiger partial charge on any atom is -0.357 e. The molecule has 0 fully saturated rings. The number of nitrogens with zero attached hydrogens (tertiary/aromatic N) is 1. The number of benzene rings is 2. The summed E-state index contributed by atoms with van der Waals surface area (Å²) in [6, 6.07) is 17.1. The SMILES string of the molecule is CCC(C(=O)NC)N(Cc1ccc(Cl)cc1)C(=O)CCSCc1ccccc1. The van der Waals surface area contributed by atoms with Gasteiger partial charge < -0.3 is 10.2 Å². The van der Waals surface area contributed by atoms with Crippen molar-refractivity contribution in [3.63, 3.8) is 0 Å². The summed E-state index contributed by atoms with van der Waals surface area (Å²) < 4.78 is 0. The lowest BCUT2D eigenvalue weighted by Crippen LogP contribution is -2.48. The zero-order chi connectivity index (χ0) is 20.4.